The van der Waals surface area contributed by atoms with Crippen molar-refractivity contribution in [3.63, 3.8) is 0 Å². The highest BCUT2D eigenvalue weighted by Crippen LogP contribution is 2.34. The number of phenols is 1. The Morgan fingerprint density at radius 1 is 0.826 bits per heavy atom. The second-order valence-corrected chi connectivity index (χ2v) is 5.83. The van der Waals surface area contributed by atoms with Crippen molar-refractivity contribution in [1.82, 2.24) is 4.98 Å². The van der Waals surface area contributed by atoms with Crippen LogP contribution in [0.2, 0.25) is 0 Å². The molecule has 1 heterocycles. The minimum Gasteiger partial charge on any atom is -0.508 e. The van der Waals surface area contributed by atoms with Crippen LogP contribution in [0.1, 0.15) is 5.56 Å². The fraction of sp³-hybridized carbons (Fsp3) is 0.0500. The summed E-state index contributed by atoms with van der Waals surface area (Å²) in [4.78, 5) is 4.87. The summed E-state index contributed by atoms with van der Waals surface area (Å²) in [7, 11) is 0. The van der Waals surface area contributed by atoms with Crippen molar-refractivity contribution in [2.45, 2.75) is 6.92 Å². The van der Waals surface area contributed by atoms with Crippen molar-refractivity contribution in [2.24, 2.45) is 0 Å². The van der Waals surface area contributed by atoms with Gasteiger partial charge in [0.25, 0.3) is 0 Å². The van der Waals surface area contributed by atoms with Gasteiger partial charge in [0.2, 0.25) is 0 Å². The zero-order valence-electron chi connectivity index (χ0n) is 12.7. The molecular formula is C20H16N2O. The molecule has 4 rings (SSSR count). The van der Waals surface area contributed by atoms with Crippen LogP contribution in [0.3, 0.4) is 0 Å². The van der Waals surface area contributed by atoms with E-state index in [1.807, 2.05) is 30.3 Å². The van der Waals surface area contributed by atoms with Gasteiger partial charge in [0, 0.05) is 22.0 Å². The molecule has 0 saturated carbocycles. The van der Waals surface area contributed by atoms with Crippen LogP contribution in [0.25, 0.3) is 32.9 Å². The summed E-state index contributed by atoms with van der Waals surface area (Å²) >= 11 is 0. The van der Waals surface area contributed by atoms with Gasteiger partial charge in [-0.3, -0.25) is 0 Å². The smallest absolute Gasteiger partial charge is 0.115 e. The lowest BCUT2D eigenvalue weighted by molar-refractivity contribution is 0.475. The highest BCUT2D eigenvalue weighted by Gasteiger charge is 2.11. The van der Waals surface area contributed by atoms with E-state index in [9.17, 15) is 5.11 Å². The number of anilines is 1. The second kappa shape index (κ2) is 4.99. The summed E-state index contributed by atoms with van der Waals surface area (Å²) in [6.45, 7) is 2.06. The van der Waals surface area contributed by atoms with Crippen molar-refractivity contribution in [3.05, 3.63) is 66.2 Å². The Bertz CT molecular complexity index is 1040. The van der Waals surface area contributed by atoms with Crippen molar-refractivity contribution >= 4 is 27.4 Å². The molecule has 0 aliphatic heterocycles. The number of nitrogens with zero attached hydrogens (tertiary/aromatic N) is 1. The van der Waals surface area contributed by atoms with Crippen molar-refractivity contribution in [2.75, 3.05) is 5.73 Å². The summed E-state index contributed by atoms with van der Waals surface area (Å²) < 4.78 is 0. The van der Waals surface area contributed by atoms with E-state index < -0.39 is 0 Å². The number of nitrogens with two attached hydrogens (primary N) is 1. The molecule has 3 nitrogen and oxygen atoms in total. The van der Waals surface area contributed by atoms with Gasteiger partial charge in [-0.15, -0.1) is 0 Å². The van der Waals surface area contributed by atoms with E-state index in [0.717, 1.165) is 32.9 Å². The largest absolute Gasteiger partial charge is 0.508 e. The number of nitrogen functional groups attached to an aromatic ring is 1. The summed E-state index contributed by atoms with van der Waals surface area (Å²) in [6.07, 6.45) is 0. The van der Waals surface area contributed by atoms with E-state index in [1.165, 1.54) is 5.56 Å². The van der Waals surface area contributed by atoms with Crippen LogP contribution in [0.15, 0.2) is 60.7 Å². The molecule has 112 valence electrons. The second-order valence-electron chi connectivity index (χ2n) is 5.83. The Morgan fingerprint density at radius 2 is 1.57 bits per heavy atom. The predicted octanol–water partition coefficient (Wildman–Crippen LogP) is 4.65. The lowest BCUT2D eigenvalue weighted by Crippen LogP contribution is -1.92. The maximum absolute atomic E-state index is 9.53. The van der Waals surface area contributed by atoms with Crippen LogP contribution in [0, 0.1) is 6.92 Å². The number of aryl methyl sites for hydroxylation is 1. The highest BCUT2D eigenvalue weighted by atomic mass is 16.3. The Kier molecular flexibility index (Phi) is 2.95. The van der Waals surface area contributed by atoms with Crippen LogP contribution in [-0.4, -0.2) is 10.1 Å². The molecule has 0 amide bonds. The van der Waals surface area contributed by atoms with E-state index in [0.29, 0.717) is 5.69 Å². The van der Waals surface area contributed by atoms with Gasteiger partial charge < -0.3 is 10.8 Å². The molecule has 3 N–H and O–H groups in total. The number of aromatic nitrogens is 1. The Hall–Kier alpha value is -3.07. The zero-order chi connectivity index (χ0) is 16.0. The van der Waals surface area contributed by atoms with E-state index in [-0.39, 0.29) is 5.75 Å². The lowest BCUT2D eigenvalue weighted by atomic mass is 9.99. The third-order valence-electron chi connectivity index (χ3n) is 4.12. The van der Waals surface area contributed by atoms with Gasteiger partial charge in [0.15, 0.2) is 0 Å². The van der Waals surface area contributed by atoms with Crippen LogP contribution in [-0.2, 0) is 0 Å². The molecule has 0 bridgehead atoms. The normalized spacial score (nSPS) is 11.2. The molecule has 0 aliphatic rings. The first-order valence-electron chi connectivity index (χ1n) is 7.51. The number of rotatable bonds is 1. The Labute approximate surface area is 134 Å². The van der Waals surface area contributed by atoms with Crippen LogP contribution in [0.4, 0.5) is 5.69 Å². The molecule has 0 fully saturated rings. The van der Waals surface area contributed by atoms with Crippen LogP contribution >= 0.6 is 0 Å². The van der Waals surface area contributed by atoms with E-state index in [1.54, 1.807) is 12.1 Å². The monoisotopic (exact) mass is 300 g/mol. The average molecular weight is 300 g/mol. The highest BCUT2D eigenvalue weighted by molar-refractivity contribution is 6.11. The number of pyridine rings is 1. The number of aromatic hydroxyl groups is 1. The van der Waals surface area contributed by atoms with Gasteiger partial charge in [0.1, 0.15) is 5.75 Å². The minimum absolute atomic E-state index is 0.245. The molecule has 1 aromatic heterocycles. The molecule has 3 heteroatoms. The molecule has 3 aromatic carbocycles. The van der Waals surface area contributed by atoms with Crippen molar-refractivity contribution in [3.8, 4) is 17.0 Å². The lowest BCUT2D eigenvalue weighted by Gasteiger charge is -2.11. The van der Waals surface area contributed by atoms with Gasteiger partial charge >= 0.3 is 0 Å². The topological polar surface area (TPSA) is 59.1 Å². The third-order valence-corrected chi connectivity index (χ3v) is 4.12. The minimum atomic E-state index is 0.245. The van der Waals surface area contributed by atoms with Gasteiger partial charge in [0.05, 0.1) is 11.2 Å². The average Bonchev–Trinajstić information content (AvgIpc) is 2.54. The van der Waals surface area contributed by atoms with Gasteiger partial charge in [-0.2, -0.15) is 0 Å². The van der Waals surface area contributed by atoms with E-state index in [4.69, 9.17) is 10.7 Å². The fourth-order valence-electron chi connectivity index (χ4n) is 2.97. The summed E-state index contributed by atoms with van der Waals surface area (Å²) in [5.41, 5.74) is 10.7. The number of phenolic OH excluding ortho intramolecular Hbond substituents is 1. The quantitative estimate of drug-likeness (QED) is 0.397. The molecule has 0 unspecified atom stereocenters. The van der Waals surface area contributed by atoms with Gasteiger partial charge in [-0.1, -0.05) is 18.2 Å². The molecule has 0 atom stereocenters. The first-order valence-corrected chi connectivity index (χ1v) is 7.51. The van der Waals surface area contributed by atoms with Crippen molar-refractivity contribution in [1.29, 1.82) is 0 Å². The Morgan fingerprint density at radius 3 is 2.35 bits per heavy atom. The van der Waals surface area contributed by atoms with Crippen molar-refractivity contribution < 1.29 is 5.11 Å². The maximum atomic E-state index is 9.53. The van der Waals surface area contributed by atoms with Gasteiger partial charge in [-0.05, 0) is 60.3 Å². The number of hydrogen-bond acceptors (Lipinski definition) is 3. The molecule has 0 aliphatic carbocycles. The summed E-state index contributed by atoms with van der Waals surface area (Å²) in [5.74, 6) is 0.245. The molecule has 0 saturated heterocycles. The maximum Gasteiger partial charge on any atom is 0.115 e. The van der Waals surface area contributed by atoms with E-state index >= 15 is 0 Å². The predicted molar refractivity (Wildman–Crippen MR) is 95.5 cm³/mol. The Balaban J connectivity index is 2.15. The number of fused-ring (bicyclic) bond motifs is 3. The zero-order valence-corrected chi connectivity index (χ0v) is 12.7. The SMILES string of the molecule is Cc1ccc2c(c1)nc(-c1ccc(O)cc1)c1cc(N)ccc12. The van der Waals surface area contributed by atoms with Crippen LogP contribution < -0.4 is 5.73 Å². The van der Waals surface area contributed by atoms with Crippen LogP contribution in [0.5, 0.6) is 5.75 Å². The van der Waals surface area contributed by atoms with E-state index in [2.05, 4.69) is 25.1 Å². The first-order chi connectivity index (χ1) is 11.1. The molecule has 0 radical (unpaired) electrons. The first kappa shape index (κ1) is 13.6. The summed E-state index contributed by atoms with van der Waals surface area (Å²) in [5, 5.41) is 12.8. The molecule has 0 spiro atoms. The molecule has 23 heavy (non-hydrogen) atoms. The van der Waals surface area contributed by atoms with Gasteiger partial charge in [-0.25, -0.2) is 4.98 Å². The molecular weight excluding hydrogens is 284 g/mol. The third kappa shape index (κ3) is 2.27. The number of benzene rings is 3. The number of hydrogen-bond donors (Lipinski definition) is 2. The molecule has 4 aromatic rings. The summed E-state index contributed by atoms with van der Waals surface area (Å²) in [6, 6.07) is 19.3. The standard InChI is InChI=1S/C20H16N2O/c1-12-2-8-17-16-9-5-14(21)11-18(16)20(22-19(17)10-12)13-3-6-15(23)7-4-13/h2-11,23H,21H2,1H3. The fourth-order valence-corrected chi connectivity index (χ4v) is 2.97.